The third kappa shape index (κ3) is 5.62. The second-order valence-electron chi connectivity index (χ2n) is 6.63. The van der Waals surface area contributed by atoms with E-state index in [0.29, 0.717) is 5.56 Å². The Morgan fingerprint density at radius 1 is 1.06 bits per heavy atom. The summed E-state index contributed by atoms with van der Waals surface area (Å²) in [7, 11) is -2.50. The number of nitrogens with zero attached hydrogens (tertiary/aromatic N) is 1. The maximum absolute atomic E-state index is 12.6. The summed E-state index contributed by atoms with van der Waals surface area (Å²) in [5.74, 6) is -1.40. The van der Waals surface area contributed by atoms with Crippen molar-refractivity contribution in [2.45, 2.75) is 11.4 Å². The van der Waals surface area contributed by atoms with Crippen molar-refractivity contribution in [2.24, 2.45) is 5.10 Å². The topological polar surface area (TPSA) is 137 Å². The highest BCUT2D eigenvalue weighted by Crippen LogP contribution is 2.35. The summed E-state index contributed by atoms with van der Waals surface area (Å²) in [4.78, 5) is 12.3. The van der Waals surface area contributed by atoms with Crippen molar-refractivity contribution in [1.29, 1.82) is 0 Å². The summed E-state index contributed by atoms with van der Waals surface area (Å²) >= 11 is 0. The van der Waals surface area contributed by atoms with Crippen LogP contribution in [0.3, 0.4) is 0 Å². The van der Waals surface area contributed by atoms with E-state index in [1.165, 1.54) is 49.7 Å². The van der Waals surface area contributed by atoms with E-state index in [9.17, 15) is 23.4 Å². The molecule has 4 N–H and O–H groups in total. The molecule has 1 amide bonds. The van der Waals surface area contributed by atoms with Gasteiger partial charge in [-0.1, -0.05) is 36.4 Å². The fourth-order valence-electron chi connectivity index (χ4n) is 2.74. The lowest BCUT2D eigenvalue weighted by atomic mass is 10.2. The average Bonchev–Trinajstić information content (AvgIpc) is 2.80. The van der Waals surface area contributed by atoms with Crippen LogP contribution in [-0.2, 0) is 16.6 Å². The van der Waals surface area contributed by atoms with E-state index >= 15 is 0 Å². The fourth-order valence-corrected chi connectivity index (χ4v) is 3.80. The van der Waals surface area contributed by atoms with Crippen LogP contribution in [0.1, 0.15) is 21.5 Å². The molecule has 0 atom stereocenters. The minimum absolute atomic E-state index is 0.0405. The number of hydrazone groups is 1. The SMILES string of the molecule is COc1cc(/C=N/NC(=O)c2cccc(S(=O)(=O)NCc3ccccc3)c2)cc(O)c1O. The summed E-state index contributed by atoms with van der Waals surface area (Å²) in [5, 5.41) is 23.1. The molecule has 0 unspecified atom stereocenters. The lowest BCUT2D eigenvalue weighted by Gasteiger charge is -2.08. The van der Waals surface area contributed by atoms with Gasteiger partial charge in [0.15, 0.2) is 11.5 Å². The Bertz CT molecular complexity index is 1240. The van der Waals surface area contributed by atoms with E-state index in [0.717, 1.165) is 5.56 Å². The Kier molecular flexibility index (Phi) is 7.08. The average molecular weight is 455 g/mol. The first-order valence-electron chi connectivity index (χ1n) is 9.37. The number of nitrogens with one attached hydrogen (secondary N) is 2. The number of hydrogen-bond acceptors (Lipinski definition) is 7. The highest BCUT2D eigenvalue weighted by molar-refractivity contribution is 7.89. The quantitative estimate of drug-likeness (QED) is 0.234. The first kappa shape index (κ1) is 22.8. The van der Waals surface area contributed by atoms with E-state index < -0.39 is 27.4 Å². The van der Waals surface area contributed by atoms with Crippen molar-refractivity contribution in [3.63, 3.8) is 0 Å². The zero-order chi connectivity index (χ0) is 23.1. The molecule has 10 heteroatoms. The first-order valence-corrected chi connectivity index (χ1v) is 10.9. The maximum Gasteiger partial charge on any atom is 0.271 e. The molecule has 0 aromatic heterocycles. The number of sulfonamides is 1. The number of rotatable bonds is 8. The highest BCUT2D eigenvalue weighted by Gasteiger charge is 2.16. The van der Waals surface area contributed by atoms with Crippen molar-refractivity contribution < 1.29 is 28.2 Å². The summed E-state index contributed by atoms with van der Waals surface area (Å²) in [6.07, 6.45) is 1.24. The molecule has 3 aromatic carbocycles. The van der Waals surface area contributed by atoms with Crippen molar-refractivity contribution >= 4 is 22.1 Å². The summed E-state index contributed by atoms with van der Waals surface area (Å²) in [5.41, 5.74) is 3.54. The lowest BCUT2D eigenvalue weighted by Crippen LogP contribution is -2.24. The monoisotopic (exact) mass is 455 g/mol. The van der Waals surface area contributed by atoms with Gasteiger partial charge in [0.25, 0.3) is 5.91 Å². The second kappa shape index (κ2) is 9.94. The fraction of sp³-hybridized carbons (Fsp3) is 0.0909. The Hall–Kier alpha value is -3.89. The molecule has 9 nitrogen and oxygen atoms in total. The number of phenols is 2. The third-order valence-electron chi connectivity index (χ3n) is 4.39. The molecule has 0 fully saturated rings. The van der Waals surface area contributed by atoms with Gasteiger partial charge in [0.05, 0.1) is 18.2 Å². The van der Waals surface area contributed by atoms with Gasteiger partial charge in [-0.25, -0.2) is 18.6 Å². The molecule has 0 saturated heterocycles. The molecule has 0 aliphatic heterocycles. The molecule has 3 rings (SSSR count). The first-order chi connectivity index (χ1) is 15.3. The van der Waals surface area contributed by atoms with Gasteiger partial charge in [-0.15, -0.1) is 0 Å². The van der Waals surface area contributed by atoms with Gasteiger partial charge in [-0.3, -0.25) is 4.79 Å². The van der Waals surface area contributed by atoms with Gasteiger partial charge in [-0.05, 0) is 35.9 Å². The number of methoxy groups -OCH3 is 1. The van der Waals surface area contributed by atoms with E-state index in [4.69, 9.17) is 4.74 Å². The molecule has 0 radical (unpaired) electrons. The van der Waals surface area contributed by atoms with Crippen molar-refractivity contribution in [1.82, 2.24) is 10.1 Å². The van der Waals surface area contributed by atoms with Crippen LogP contribution in [0.25, 0.3) is 0 Å². The number of carbonyl (C=O) groups is 1. The summed E-state index contributed by atoms with van der Waals surface area (Å²) < 4.78 is 32.6. The normalized spacial score (nSPS) is 11.4. The van der Waals surface area contributed by atoms with Crippen LogP contribution in [0, 0.1) is 0 Å². The highest BCUT2D eigenvalue weighted by atomic mass is 32.2. The van der Waals surface area contributed by atoms with Gasteiger partial charge in [0.1, 0.15) is 0 Å². The Morgan fingerprint density at radius 3 is 2.53 bits per heavy atom. The van der Waals surface area contributed by atoms with E-state index in [1.807, 2.05) is 18.2 Å². The maximum atomic E-state index is 12.6. The number of carbonyl (C=O) groups excluding carboxylic acids is 1. The van der Waals surface area contributed by atoms with Gasteiger partial charge in [0.2, 0.25) is 15.8 Å². The second-order valence-corrected chi connectivity index (χ2v) is 8.39. The predicted octanol–water partition coefficient (Wildman–Crippen LogP) is 2.35. The van der Waals surface area contributed by atoms with Crippen LogP contribution in [0.4, 0.5) is 0 Å². The molecular formula is C22H21N3O6S. The standard InChI is InChI=1S/C22H21N3O6S/c1-31-20-11-16(10-19(26)21(20)27)13-23-25-22(28)17-8-5-9-18(12-17)32(29,30)24-14-15-6-3-2-4-7-15/h2-13,24,26-27H,14H2,1H3,(H,25,28)/b23-13+. The van der Waals surface area contributed by atoms with Gasteiger partial charge in [-0.2, -0.15) is 5.10 Å². The molecule has 0 aliphatic carbocycles. The van der Waals surface area contributed by atoms with Gasteiger partial charge >= 0.3 is 0 Å². The molecule has 0 spiro atoms. The number of aromatic hydroxyl groups is 2. The molecule has 3 aromatic rings. The van der Waals surface area contributed by atoms with Crippen LogP contribution >= 0.6 is 0 Å². The Labute approximate surface area is 185 Å². The van der Waals surface area contributed by atoms with Crippen molar-refractivity contribution in [3.8, 4) is 17.2 Å². The largest absolute Gasteiger partial charge is 0.504 e. The number of ether oxygens (including phenoxy) is 1. The van der Waals surface area contributed by atoms with Crippen LogP contribution in [0.15, 0.2) is 76.7 Å². The summed E-state index contributed by atoms with van der Waals surface area (Å²) in [6, 6.07) is 17.2. The minimum Gasteiger partial charge on any atom is -0.504 e. The number of hydrogen-bond donors (Lipinski definition) is 4. The molecule has 166 valence electrons. The van der Waals surface area contributed by atoms with Crippen LogP contribution in [0.5, 0.6) is 17.2 Å². The zero-order valence-corrected chi connectivity index (χ0v) is 17.8. The smallest absolute Gasteiger partial charge is 0.271 e. The Balaban J connectivity index is 1.68. The van der Waals surface area contributed by atoms with E-state index in [1.54, 1.807) is 12.1 Å². The molecular weight excluding hydrogens is 434 g/mol. The lowest BCUT2D eigenvalue weighted by molar-refractivity contribution is 0.0955. The number of benzene rings is 3. The number of phenolic OH excluding ortho intramolecular Hbond substituents is 2. The molecule has 0 heterocycles. The van der Waals surface area contributed by atoms with Crippen LogP contribution in [-0.4, -0.2) is 37.9 Å². The molecule has 0 aliphatic rings. The zero-order valence-electron chi connectivity index (χ0n) is 17.0. The Morgan fingerprint density at radius 2 is 1.81 bits per heavy atom. The van der Waals surface area contributed by atoms with Gasteiger partial charge < -0.3 is 14.9 Å². The van der Waals surface area contributed by atoms with E-state index in [-0.39, 0.29) is 22.8 Å². The molecule has 0 bridgehead atoms. The predicted molar refractivity (Wildman–Crippen MR) is 118 cm³/mol. The molecule has 32 heavy (non-hydrogen) atoms. The van der Waals surface area contributed by atoms with Gasteiger partial charge in [0, 0.05) is 17.7 Å². The van der Waals surface area contributed by atoms with Crippen molar-refractivity contribution in [3.05, 3.63) is 83.4 Å². The van der Waals surface area contributed by atoms with Crippen LogP contribution in [0.2, 0.25) is 0 Å². The minimum atomic E-state index is -3.83. The molecule has 0 saturated carbocycles. The van der Waals surface area contributed by atoms with Crippen LogP contribution < -0.4 is 14.9 Å². The van der Waals surface area contributed by atoms with Crippen molar-refractivity contribution in [2.75, 3.05) is 7.11 Å². The van der Waals surface area contributed by atoms with E-state index in [2.05, 4.69) is 15.2 Å². The third-order valence-corrected chi connectivity index (χ3v) is 5.79. The summed E-state index contributed by atoms with van der Waals surface area (Å²) in [6.45, 7) is 0.118. The number of amides is 1.